The van der Waals surface area contributed by atoms with Crippen LogP contribution in [-0.2, 0) is 11.3 Å². The number of halogens is 1. The van der Waals surface area contributed by atoms with Crippen molar-refractivity contribution in [3.63, 3.8) is 0 Å². The van der Waals surface area contributed by atoms with E-state index < -0.39 is 11.9 Å². The SMILES string of the molecule is COc1ccc(CN(C(=O)c2ccccn2)[C@H](C(=O)NC2CCCCC2)c2ccc(F)cc2)cc1. The number of nitrogens with one attached hydrogen (secondary N) is 1. The lowest BCUT2D eigenvalue weighted by Gasteiger charge is -2.33. The Labute approximate surface area is 205 Å². The van der Waals surface area contributed by atoms with E-state index in [9.17, 15) is 14.0 Å². The molecule has 1 saturated carbocycles. The molecule has 1 aromatic heterocycles. The second-order valence-corrected chi connectivity index (χ2v) is 8.79. The Morgan fingerprint density at radius 2 is 1.74 bits per heavy atom. The van der Waals surface area contributed by atoms with Crippen LogP contribution in [0.2, 0.25) is 0 Å². The third-order valence-electron chi connectivity index (χ3n) is 6.35. The highest BCUT2D eigenvalue weighted by Crippen LogP contribution is 2.28. The second kappa shape index (κ2) is 11.6. The number of carbonyl (C=O) groups is 2. The topological polar surface area (TPSA) is 71.5 Å². The standard InChI is InChI=1S/C28H30FN3O3/c1-35-24-16-10-20(11-17-24)19-32(28(34)25-9-5-6-18-30-25)26(21-12-14-22(29)15-13-21)27(33)31-23-7-3-2-4-8-23/h5-6,9-18,23,26H,2-4,7-8,19H2,1H3,(H,31,33)/t26-/m0/s1. The van der Waals surface area contributed by atoms with Crippen molar-refractivity contribution in [2.45, 2.75) is 50.7 Å². The van der Waals surface area contributed by atoms with Crippen LogP contribution in [0.5, 0.6) is 5.75 Å². The van der Waals surface area contributed by atoms with E-state index in [1.165, 1.54) is 17.0 Å². The number of ether oxygens (including phenoxy) is 1. The summed E-state index contributed by atoms with van der Waals surface area (Å²) in [6, 6.07) is 17.3. The van der Waals surface area contributed by atoms with E-state index in [4.69, 9.17) is 4.74 Å². The van der Waals surface area contributed by atoms with Crippen molar-refractivity contribution in [3.05, 3.63) is 95.6 Å². The number of hydrogen-bond acceptors (Lipinski definition) is 4. The molecule has 1 heterocycles. The van der Waals surface area contributed by atoms with Gasteiger partial charge in [-0.05, 0) is 60.4 Å². The summed E-state index contributed by atoms with van der Waals surface area (Å²) in [6.07, 6.45) is 6.66. The van der Waals surface area contributed by atoms with Gasteiger partial charge in [-0.2, -0.15) is 0 Å². The molecule has 2 amide bonds. The summed E-state index contributed by atoms with van der Waals surface area (Å²) in [6.45, 7) is 0.166. The number of amides is 2. The smallest absolute Gasteiger partial charge is 0.273 e. The molecule has 0 radical (unpaired) electrons. The molecule has 0 spiro atoms. The molecule has 1 fully saturated rings. The van der Waals surface area contributed by atoms with E-state index >= 15 is 0 Å². The highest BCUT2D eigenvalue weighted by Gasteiger charge is 2.34. The summed E-state index contributed by atoms with van der Waals surface area (Å²) in [5.74, 6) is -0.365. The zero-order valence-electron chi connectivity index (χ0n) is 19.8. The maximum atomic E-state index is 13.8. The van der Waals surface area contributed by atoms with E-state index in [1.54, 1.807) is 43.6 Å². The lowest BCUT2D eigenvalue weighted by atomic mass is 9.94. The normalized spacial score (nSPS) is 14.7. The van der Waals surface area contributed by atoms with Gasteiger partial charge in [0.25, 0.3) is 5.91 Å². The van der Waals surface area contributed by atoms with Gasteiger partial charge < -0.3 is 15.0 Å². The van der Waals surface area contributed by atoms with Crippen molar-refractivity contribution in [2.75, 3.05) is 7.11 Å². The summed E-state index contributed by atoms with van der Waals surface area (Å²) in [5.41, 5.74) is 1.60. The molecule has 1 aliphatic carbocycles. The largest absolute Gasteiger partial charge is 0.497 e. The van der Waals surface area contributed by atoms with Crippen molar-refractivity contribution >= 4 is 11.8 Å². The molecule has 2 aromatic carbocycles. The van der Waals surface area contributed by atoms with E-state index in [-0.39, 0.29) is 30.1 Å². The summed E-state index contributed by atoms with van der Waals surface area (Å²) < 4.78 is 19.0. The van der Waals surface area contributed by atoms with E-state index in [2.05, 4.69) is 10.3 Å². The van der Waals surface area contributed by atoms with Crippen molar-refractivity contribution in [3.8, 4) is 5.75 Å². The van der Waals surface area contributed by atoms with Crippen LogP contribution in [0.15, 0.2) is 72.9 Å². The van der Waals surface area contributed by atoms with Gasteiger partial charge in [-0.25, -0.2) is 4.39 Å². The first-order chi connectivity index (χ1) is 17.0. The summed E-state index contributed by atoms with van der Waals surface area (Å²) in [7, 11) is 1.59. The predicted octanol–water partition coefficient (Wildman–Crippen LogP) is 5.06. The molecule has 1 N–H and O–H groups in total. The number of pyridine rings is 1. The van der Waals surface area contributed by atoms with Gasteiger partial charge in [0.1, 0.15) is 23.3 Å². The maximum Gasteiger partial charge on any atom is 0.273 e. The van der Waals surface area contributed by atoms with Crippen LogP contribution in [0.1, 0.15) is 59.8 Å². The Hall–Kier alpha value is -3.74. The van der Waals surface area contributed by atoms with Gasteiger partial charge in [0.2, 0.25) is 5.91 Å². The number of carbonyl (C=O) groups excluding carboxylic acids is 2. The molecule has 0 saturated heterocycles. The van der Waals surface area contributed by atoms with Crippen molar-refractivity contribution in [1.29, 1.82) is 0 Å². The molecule has 1 atom stereocenters. The van der Waals surface area contributed by atoms with Crippen LogP contribution in [-0.4, -0.2) is 34.8 Å². The van der Waals surface area contributed by atoms with Crippen molar-refractivity contribution < 1.29 is 18.7 Å². The Balaban J connectivity index is 1.72. The number of methoxy groups -OCH3 is 1. The van der Waals surface area contributed by atoms with Crippen molar-refractivity contribution in [2.24, 2.45) is 0 Å². The molecular formula is C28H30FN3O3. The first kappa shape index (κ1) is 24.4. The Kier molecular flexibility index (Phi) is 8.08. The van der Waals surface area contributed by atoms with Gasteiger partial charge in [0.05, 0.1) is 7.11 Å². The molecule has 182 valence electrons. The number of rotatable bonds is 8. The minimum absolute atomic E-state index is 0.0620. The van der Waals surface area contributed by atoms with Crippen LogP contribution in [0.25, 0.3) is 0 Å². The maximum absolute atomic E-state index is 13.8. The van der Waals surface area contributed by atoms with Crippen LogP contribution in [0, 0.1) is 5.82 Å². The zero-order valence-corrected chi connectivity index (χ0v) is 19.8. The molecule has 35 heavy (non-hydrogen) atoms. The number of nitrogens with zero attached hydrogens (tertiary/aromatic N) is 2. The molecular weight excluding hydrogens is 445 g/mol. The molecule has 0 aliphatic heterocycles. The van der Waals surface area contributed by atoms with Gasteiger partial charge >= 0.3 is 0 Å². The fourth-order valence-electron chi connectivity index (χ4n) is 4.49. The van der Waals surface area contributed by atoms with Gasteiger partial charge in [0, 0.05) is 18.8 Å². The predicted molar refractivity (Wildman–Crippen MR) is 131 cm³/mol. The van der Waals surface area contributed by atoms with Crippen LogP contribution < -0.4 is 10.1 Å². The number of aromatic nitrogens is 1. The molecule has 1 aliphatic rings. The Bertz CT molecular complexity index is 1110. The summed E-state index contributed by atoms with van der Waals surface area (Å²) in [5, 5.41) is 3.16. The van der Waals surface area contributed by atoms with Gasteiger partial charge in [-0.3, -0.25) is 14.6 Å². The summed E-state index contributed by atoms with van der Waals surface area (Å²) >= 11 is 0. The number of hydrogen-bond donors (Lipinski definition) is 1. The monoisotopic (exact) mass is 475 g/mol. The number of benzene rings is 2. The zero-order chi connectivity index (χ0) is 24.6. The molecule has 4 rings (SSSR count). The minimum atomic E-state index is -0.950. The highest BCUT2D eigenvalue weighted by atomic mass is 19.1. The van der Waals surface area contributed by atoms with Crippen LogP contribution >= 0.6 is 0 Å². The molecule has 0 bridgehead atoms. The van der Waals surface area contributed by atoms with Gasteiger partial charge in [0.15, 0.2) is 0 Å². The molecule has 3 aromatic rings. The van der Waals surface area contributed by atoms with Gasteiger partial charge in [-0.15, -0.1) is 0 Å². The quantitative estimate of drug-likeness (QED) is 0.494. The van der Waals surface area contributed by atoms with Crippen LogP contribution in [0.3, 0.4) is 0 Å². The fourth-order valence-corrected chi connectivity index (χ4v) is 4.49. The van der Waals surface area contributed by atoms with Crippen LogP contribution in [0.4, 0.5) is 4.39 Å². The lowest BCUT2D eigenvalue weighted by molar-refractivity contribution is -0.127. The average molecular weight is 476 g/mol. The fraction of sp³-hybridized carbons (Fsp3) is 0.321. The second-order valence-electron chi connectivity index (χ2n) is 8.79. The Morgan fingerprint density at radius 3 is 2.37 bits per heavy atom. The molecule has 0 unspecified atom stereocenters. The third-order valence-corrected chi connectivity index (χ3v) is 6.35. The average Bonchev–Trinajstić information content (AvgIpc) is 2.90. The first-order valence-electron chi connectivity index (χ1n) is 12.0. The highest BCUT2D eigenvalue weighted by molar-refractivity contribution is 5.96. The van der Waals surface area contributed by atoms with E-state index in [0.717, 1.165) is 37.7 Å². The van der Waals surface area contributed by atoms with Crippen molar-refractivity contribution in [1.82, 2.24) is 15.2 Å². The lowest BCUT2D eigenvalue weighted by Crippen LogP contribution is -2.47. The third kappa shape index (κ3) is 6.23. The van der Waals surface area contributed by atoms with E-state index in [0.29, 0.717) is 11.3 Å². The first-order valence-corrected chi connectivity index (χ1v) is 12.0. The minimum Gasteiger partial charge on any atom is -0.497 e. The summed E-state index contributed by atoms with van der Waals surface area (Å²) in [4.78, 5) is 33.2. The van der Waals surface area contributed by atoms with E-state index in [1.807, 2.05) is 24.3 Å². The molecule has 7 heteroatoms. The van der Waals surface area contributed by atoms with Gasteiger partial charge in [-0.1, -0.05) is 49.6 Å². The molecule has 6 nitrogen and oxygen atoms in total. The Morgan fingerprint density at radius 1 is 1.03 bits per heavy atom.